The van der Waals surface area contributed by atoms with Crippen LogP contribution in [0.3, 0.4) is 0 Å². The molecule has 1 aromatic carbocycles. The molecule has 2 heterocycles. The number of nitrogens with zero attached hydrogens (tertiary/aromatic N) is 3. The Morgan fingerprint density at radius 1 is 1.18 bits per heavy atom. The maximum absolute atomic E-state index is 12.5. The van der Waals surface area contributed by atoms with Crippen molar-refractivity contribution in [3.05, 3.63) is 67.9 Å². The summed E-state index contributed by atoms with van der Waals surface area (Å²) >= 11 is 12.1. The lowest BCUT2D eigenvalue weighted by Gasteiger charge is -2.08. The highest BCUT2D eigenvalue weighted by molar-refractivity contribution is 6.35. The van der Waals surface area contributed by atoms with Gasteiger partial charge in [0.1, 0.15) is 0 Å². The van der Waals surface area contributed by atoms with Crippen LogP contribution < -0.4 is 5.56 Å². The molecule has 0 fully saturated rings. The van der Waals surface area contributed by atoms with E-state index in [0.29, 0.717) is 28.7 Å². The minimum absolute atomic E-state index is 0.0937. The van der Waals surface area contributed by atoms with Crippen LogP contribution in [0.2, 0.25) is 10.0 Å². The normalized spacial score (nSPS) is 11.3. The molecule has 0 saturated carbocycles. The van der Waals surface area contributed by atoms with E-state index in [1.807, 2.05) is 30.5 Å². The molecule has 3 aromatic rings. The quantitative estimate of drug-likeness (QED) is 0.732. The maximum Gasteiger partial charge on any atom is 0.294 e. The van der Waals surface area contributed by atoms with E-state index < -0.39 is 0 Å². The van der Waals surface area contributed by atoms with Crippen molar-refractivity contribution >= 4 is 28.8 Å². The number of benzene rings is 1. The van der Waals surface area contributed by atoms with E-state index in [1.165, 1.54) is 0 Å². The van der Waals surface area contributed by atoms with Crippen molar-refractivity contribution in [2.45, 2.75) is 26.8 Å². The largest absolute Gasteiger partial charge is 0.311 e. The van der Waals surface area contributed by atoms with Gasteiger partial charge < -0.3 is 4.57 Å². The van der Waals surface area contributed by atoms with Crippen LogP contribution in [0.4, 0.5) is 0 Å². The summed E-state index contributed by atoms with van der Waals surface area (Å²) in [6, 6.07) is 5.40. The van der Waals surface area contributed by atoms with Gasteiger partial charge in [-0.2, -0.15) is 0 Å². The first-order valence-electron chi connectivity index (χ1n) is 6.96. The Morgan fingerprint density at radius 3 is 2.68 bits per heavy atom. The van der Waals surface area contributed by atoms with Crippen molar-refractivity contribution in [2.75, 3.05) is 0 Å². The van der Waals surface area contributed by atoms with E-state index in [1.54, 1.807) is 22.9 Å². The molecule has 22 heavy (non-hydrogen) atoms. The van der Waals surface area contributed by atoms with E-state index in [-0.39, 0.29) is 5.56 Å². The molecule has 0 aliphatic carbocycles. The summed E-state index contributed by atoms with van der Waals surface area (Å²) in [5.41, 5.74) is 3.19. The molecule has 0 bridgehead atoms. The molecule has 0 atom stereocenters. The van der Waals surface area contributed by atoms with E-state index >= 15 is 0 Å². The molecule has 2 aromatic heterocycles. The first-order chi connectivity index (χ1) is 10.5. The number of halogens is 2. The third-order valence-corrected chi connectivity index (χ3v) is 4.46. The van der Waals surface area contributed by atoms with Crippen LogP contribution in [0.15, 0.2) is 35.4 Å². The molecule has 6 heteroatoms. The molecule has 0 N–H and O–H groups in total. The Hall–Kier alpha value is -1.78. The van der Waals surface area contributed by atoms with Crippen molar-refractivity contribution in [3.63, 3.8) is 0 Å². The fourth-order valence-electron chi connectivity index (χ4n) is 2.44. The minimum atomic E-state index is -0.0937. The molecule has 114 valence electrons. The van der Waals surface area contributed by atoms with Crippen LogP contribution >= 0.6 is 23.2 Å². The molecule has 0 aliphatic heterocycles. The molecule has 0 amide bonds. The van der Waals surface area contributed by atoms with Crippen LogP contribution in [0.1, 0.15) is 17.0 Å². The monoisotopic (exact) mass is 335 g/mol. The summed E-state index contributed by atoms with van der Waals surface area (Å²) < 4.78 is 3.48. The summed E-state index contributed by atoms with van der Waals surface area (Å²) in [6.45, 7) is 4.40. The lowest BCUT2D eigenvalue weighted by atomic mass is 10.1. The second kappa shape index (κ2) is 5.78. The first-order valence-corrected chi connectivity index (χ1v) is 7.71. The number of fused-ring (bicyclic) bond motifs is 1. The highest BCUT2D eigenvalue weighted by atomic mass is 35.5. The van der Waals surface area contributed by atoms with Gasteiger partial charge in [0.25, 0.3) is 5.56 Å². The van der Waals surface area contributed by atoms with E-state index in [4.69, 9.17) is 23.2 Å². The SMILES string of the molecule is Cc1nc2c(=O)n(CCc3ccc(Cl)cc3Cl)ccn2c1C. The van der Waals surface area contributed by atoms with Crippen LogP contribution in [-0.2, 0) is 13.0 Å². The Labute approximate surface area is 137 Å². The number of aromatic nitrogens is 3. The second-order valence-corrected chi connectivity index (χ2v) is 6.10. The van der Waals surface area contributed by atoms with Gasteiger partial charge >= 0.3 is 0 Å². The molecule has 0 unspecified atom stereocenters. The predicted molar refractivity (Wildman–Crippen MR) is 89.1 cm³/mol. The summed E-state index contributed by atoms with van der Waals surface area (Å²) in [5.74, 6) is 0. The lowest BCUT2D eigenvalue weighted by molar-refractivity contribution is 0.665. The van der Waals surface area contributed by atoms with Gasteiger partial charge in [0, 0.05) is 34.7 Å². The van der Waals surface area contributed by atoms with E-state index in [2.05, 4.69) is 4.98 Å². The zero-order valence-corrected chi connectivity index (χ0v) is 13.8. The zero-order valence-electron chi connectivity index (χ0n) is 12.3. The van der Waals surface area contributed by atoms with Crippen molar-refractivity contribution in [1.29, 1.82) is 0 Å². The van der Waals surface area contributed by atoms with Crippen molar-refractivity contribution in [3.8, 4) is 0 Å². The summed E-state index contributed by atoms with van der Waals surface area (Å²) in [7, 11) is 0. The van der Waals surface area contributed by atoms with Crippen LogP contribution in [0, 0.1) is 13.8 Å². The van der Waals surface area contributed by atoms with E-state index in [0.717, 1.165) is 17.0 Å². The first kappa shape index (κ1) is 15.1. The van der Waals surface area contributed by atoms with Gasteiger partial charge in [-0.15, -0.1) is 0 Å². The Kier molecular flexibility index (Phi) is 3.98. The van der Waals surface area contributed by atoms with Crippen molar-refractivity contribution < 1.29 is 0 Å². The number of hydrogen-bond donors (Lipinski definition) is 0. The Balaban J connectivity index is 1.91. The lowest BCUT2D eigenvalue weighted by Crippen LogP contribution is -2.22. The highest BCUT2D eigenvalue weighted by Gasteiger charge is 2.10. The summed E-state index contributed by atoms with van der Waals surface area (Å²) in [5, 5.41) is 1.23. The van der Waals surface area contributed by atoms with Gasteiger partial charge in [0.15, 0.2) is 0 Å². The van der Waals surface area contributed by atoms with Crippen LogP contribution in [-0.4, -0.2) is 14.0 Å². The molecular weight excluding hydrogens is 321 g/mol. The fraction of sp³-hybridized carbons (Fsp3) is 0.250. The standard InChI is InChI=1S/C16H15Cl2N3O/c1-10-11(2)21-8-7-20(16(22)15(21)19-10)6-5-12-3-4-13(17)9-14(12)18/h3-4,7-9H,5-6H2,1-2H3. The Bertz CT molecular complexity index is 912. The molecule has 4 nitrogen and oxygen atoms in total. The van der Waals surface area contributed by atoms with Gasteiger partial charge in [-0.05, 0) is 38.0 Å². The summed E-state index contributed by atoms with van der Waals surface area (Å²) in [6.07, 6.45) is 4.31. The number of hydrogen-bond acceptors (Lipinski definition) is 2. The third kappa shape index (κ3) is 2.64. The topological polar surface area (TPSA) is 39.3 Å². The number of aryl methyl sites for hydroxylation is 4. The maximum atomic E-state index is 12.5. The average molecular weight is 336 g/mol. The van der Waals surface area contributed by atoms with Crippen molar-refractivity contribution in [2.24, 2.45) is 0 Å². The predicted octanol–water partition coefficient (Wildman–Crippen LogP) is 3.66. The molecule has 0 radical (unpaired) electrons. The zero-order chi connectivity index (χ0) is 15.9. The molecule has 3 rings (SSSR count). The fourth-order valence-corrected chi connectivity index (χ4v) is 2.95. The van der Waals surface area contributed by atoms with Gasteiger partial charge in [-0.3, -0.25) is 9.20 Å². The van der Waals surface area contributed by atoms with E-state index in [9.17, 15) is 4.79 Å². The number of rotatable bonds is 3. The Morgan fingerprint density at radius 2 is 1.95 bits per heavy atom. The van der Waals surface area contributed by atoms with Gasteiger partial charge in [-0.25, -0.2) is 4.98 Å². The molecule has 0 saturated heterocycles. The van der Waals surface area contributed by atoms with Gasteiger partial charge in [0.05, 0.1) is 5.69 Å². The van der Waals surface area contributed by atoms with Crippen LogP contribution in [0.5, 0.6) is 0 Å². The van der Waals surface area contributed by atoms with Crippen LogP contribution in [0.25, 0.3) is 5.65 Å². The van der Waals surface area contributed by atoms with Gasteiger partial charge in [-0.1, -0.05) is 29.3 Å². The number of imidazole rings is 1. The average Bonchev–Trinajstić information content (AvgIpc) is 2.77. The third-order valence-electron chi connectivity index (χ3n) is 3.87. The smallest absolute Gasteiger partial charge is 0.294 e. The minimum Gasteiger partial charge on any atom is -0.311 e. The van der Waals surface area contributed by atoms with Crippen molar-refractivity contribution in [1.82, 2.24) is 14.0 Å². The molecular formula is C16H15Cl2N3O. The second-order valence-electron chi connectivity index (χ2n) is 5.26. The summed E-state index contributed by atoms with van der Waals surface area (Å²) in [4.78, 5) is 16.8. The molecule has 0 aliphatic rings. The highest BCUT2D eigenvalue weighted by Crippen LogP contribution is 2.21. The molecule has 0 spiro atoms. The van der Waals surface area contributed by atoms with Gasteiger partial charge in [0.2, 0.25) is 5.65 Å².